The standard InChI is InChI=1S/C17H18IN3/c1-3-21-16-7-5-4-6-15(16)20-17(21)11-19-14-9-8-13(18)10-12(14)2/h4-10,19H,3,11H2,1-2H3. The van der Waals surface area contributed by atoms with Crippen molar-refractivity contribution in [3.63, 3.8) is 0 Å². The highest BCUT2D eigenvalue weighted by atomic mass is 127. The minimum Gasteiger partial charge on any atom is -0.378 e. The lowest BCUT2D eigenvalue weighted by molar-refractivity contribution is 0.728. The molecule has 0 unspecified atom stereocenters. The molecule has 1 N–H and O–H groups in total. The maximum absolute atomic E-state index is 4.74. The summed E-state index contributed by atoms with van der Waals surface area (Å²) in [5.74, 6) is 1.08. The van der Waals surface area contributed by atoms with E-state index < -0.39 is 0 Å². The molecule has 108 valence electrons. The minimum absolute atomic E-state index is 0.740. The molecule has 0 amide bonds. The van der Waals surface area contributed by atoms with Gasteiger partial charge in [0, 0.05) is 15.8 Å². The fourth-order valence-corrected chi connectivity index (χ4v) is 3.26. The maximum atomic E-state index is 4.74. The Kier molecular flexibility index (Phi) is 4.14. The van der Waals surface area contributed by atoms with Gasteiger partial charge in [0.25, 0.3) is 0 Å². The zero-order valence-corrected chi connectivity index (χ0v) is 14.4. The molecule has 1 heterocycles. The average molecular weight is 391 g/mol. The van der Waals surface area contributed by atoms with Gasteiger partial charge in [-0.25, -0.2) is 4.98 Å². The second kappa shape index (κ2) is 6.05. The Hall–Kier alpha value is -1.56. The Balaban J connectivity index is 1.88. The Morgan fingerprint density at radius 1 is 1.19 bits per heavy atom. The van der Waals surface area contributed by atoms with Gasteiger partial charge in [-0.1, -0.05) is 12.1 Å². The second-order valence-electron chi connectivity index (χ2n) is 5.07. The van der Waals surface area contributed by atoms with E-state index in [1.54, 1.807) is 0 Å². The number of aromatic nitrogens is 2. The molecule has 0 fully saturated rings. The molecule has 4 heteroatoms. The van der Waals surface area contributed by atoms with Crippen molar-refractivity contribution >= 4 is 39.3 Å². The fraction of sp³-hybridized carbons (Fsp3) is 0.235. The summed E-state index contributed by atoms with van der Waals surface area (Å²) in [5.41, 5.74) is 4.71. The van der Waals surface area contributed by atoms with Gasteiger partial charge >= 0.3 is 0 Å². The molecule has 0 saturated heterocycles. The van der Waals surface area contributed by atoms with Crippen molar-refractivity contribution in [3.05, 3.63) is 57.4 Å². The summed E-state index contributed by atoms with van der Waals surface area (Å²) < 4.78 is 3.53. The Morgan fingerprint density at radius 2 is 2.00 bits per heavy atom. The Bertz CT molecular complexity index is 777. The van der Waals surface area contributed by atoms with Crippen LogP contribution in [-0.2, 0) is 13.1 Å². The number of hydrogen-bond donors (Lipinski definition) is 1. The van der Waals surface area contributed by atoms with E-state index in [4.69, 9.17) is 4.98 Å². The zero-order chi connectivity index (χ0) is 14.8. The number of nitrogens with zero attached hydrogens (tertiary/aromatic N) is 2. The van der Waals surface area contributed by atoms with Crippen molar-refractivity contribution in [2.24, 2.45) is 0 Å². The summed E-state index contributed by atoms with van der Waals surface area (Å²) >= 11 is 2.34. The first kappa shape index (κ1) is 14.4. The molecule has 0 radical (unpaired) electrons. The highest BCUT2D eigenvalue weighted by Crippen LogP contribution is 2.20. The van der Waals surface area contributed by atoms with Crippen LogP contribution in [0.1, 0.15) is 18.3 Å². The van der Waals surface area contributed by atoms with Gasteiger partial charge in [0.2, 0.25) is 0 Å². The van der Waals surface area contributed by atoms with E-state index in [1.165, 1.54) is 20.3 Å². The number of aryl methyl sites for hydroxylation is 2. The first-order valence-electron chi connectivity index (χ1n) is 7.13. The van der Waals surface area contributed by atoms with Crippen LogP contribution in [0, 0.1) is 10.5 Å². The van der Waals surface area contributed by atoms with Crippen LogP contribution in [0.2, 0.25) is 0 Å². The van der Waals surface area contributed by atoms with Crippen LogP contribution in [0.15, 0.2) is 42.5 Å². The van der Waals surface area contributed by atoms with Gasteiger partial charge < -0.3 is 9.88 Å². The minimum atomic E-state index is 0.740. The van der Waals surface area contributed by atoms with Crippen molar-refractivity contribution in [1.82, 2.24) is 9.55 Å². The van der Waals surface area contributed by atoms with Crippen LogP contribution in [-0.4, -0.2) is 9.55 Å². The van der Waals surface area contributed by atoms with Crippen LogP contribution in [0.4, 0.5) is 5.69 Å². The lowest BCUT2D eigenvalue weighted by atomic mass is 10.2. The second-order valence-corrected chi connectivity index (χ2v) is 6.32. The topological polar surface area (TPSA) is 29.9 Å². The molecule has 0 aliphatic carbocycles. The molecular weight excluding hydrogens is 373 g/mol. The number of halogens is 1. The third kappa shape index (κ3) is 2.90. The smallest absolute Gasteiger partial charge is 0.129 e. The number of nitrogens with one attached hydrogen (secondary N) is 1. The normalized spacial score (nSPS) is 11.0. The van der Waals surface area contributed by atoms with E-state index in [9.17, 15) is 0 Å². The summed E-state index contributed by atoms with van der Waals surface area (Å²) in [5, 5.41) is 3.51. The van der Waals surface area contributed by atoms with Gasteiger partial charge in [-0.05, 0) is 72.3 Å². The molecule has 0 saturated carbocycles. The largest absolute Gasteiger partial charge is 0.378 e. The number of imidazole rings is 1. The third-order valence-electron chi connectivity index (χ3n) is 3.68. The van der Waals surface area contributed by atoms with Gasteiger partial charge in [0.05, 0.1) is 17.6 Å². The number of hydrogen-bond acceptors (Lipinski definition) is 2. The van der Waals surface area contributed by atoms with Crippen LogP contribution >= 0.6 is 22.6 Å². The van der Waals surface area contributed by atoms with Crippen LogP contribution in [0.5, 0.6) is 0 Å². The molecule has 0 atom stereocenters. The molecule has 2 aromatic carbocycles. The number of para-hydroxylation sites is 2. The molecule has 3 aromatic rings. The van der Waals surface area contributed by atoms with Gasteiger partial charge in [-0.3, -0.25) is 0 Å². The monoisotopic (exact) mass is 391 g/mol. The van der Waals surface area contributed by atoms with Crippen molar-refractivity contribution in [2.75, 3.05) is 5.32 Å². The van der Waals surface area contributed by atoms with Crippen molar-refractivity contribution in [2.45, 2.75) is 26.9 Å². The number of anilines is 1. The van der Waals surface area contributed by atoms with Crippen molar-refractivity contribution < 1.29 is 0 Å². The summed E-state index contributed by atoms with van der Waals surface area (Å²) in [6, 6.07) is 14.7. The zero-order valence-electron chi connectivity index (χ0n) is 12.2. The lowest BCUT2D eigenvalue weighted by Crippen LogP contribution is -2.08. The fourth-order valence-electron chi connectivity index (χ4n) is 2.61. The quantitative estimate of drug-likeness (QED) is 0.660. The predicted octanol–water partition coefficient (Wildman–Crippen LogP) is 4.58. The van der Waals surface area contributed by atoms with Crippen LogP contribution in [0.3, 0.4) is 0 Å². The molecule has 3 nitrogen and oxygen atoms in total. The van der Waals surface area contributed by atoms with E-state index in [0.29, 0.717) is 0 Å². The Morgan fingerprint density at radius 3 is 2.76 bits per heavy atom. The van der Waals surface area contributed by atoms with Crippen LogP contribution < -0.4 is 5.32 Å². The third-order valence-corrected chi connectivity index (χ3v) is 4.35. The molecule has 0 spiro atoms. The molecule has 3 rings (SSSR count). The number of rotatable bonds is 4. The average Bonchev–Trinajstić information content (AvgIpc) is 2.83. The van der Waals surface area contributed by atoms with Crippen molar-refractivity contribution in [1.29, 1.82) is 0 Å². The molecule has 0 aliphatic rings. The number of benzene rings is 2. The molecule has 1 aromatic heterocycles. The highest BCUT2D eigenvalue weighted by molar-refractivity contribution is 14.1. The summed E-state index contributed by atoms with van der Waals surface area (Å²) in [4.78, 5) is 4.74. The van der Waals surface area contributed by atoms with Crippen LogP contribution in [0.25, 0.3) is 11.0 Å². The van der Waals surface area contributed by atoms with E-state index in [1.807, 2.05) is 6.07 Å². The maximum Gasteiger partial charge on any atom is 0.129 e. The summed E-state index contributed by atoms with van der Waals surface area (Å²) in [7, 11) is 0. The molecule has 0 aliphatic heterocycles. The predicted molar refractivity (Wildman–Crippen MR) is 96.6 cm³/mol. The lowest BCUT2D eigenvalue weighted by Gasteiger charge is -2.11. The SMILES string of the molecule is CCn1c(CNc2ccc(I)cc2C)nc2ccccc21. The molecule has 0 bridgehead atoms. The van der Waals surface area contributed by atoms with E-state index in [-0.39, 0.29) is 0 Å². The van der Waals surface area contributed by atoms with E-state index in [0.717, 1.165) is 24.4 Å². The van der Waals surface area contributed by atoms with Gasteiger partial charge in [0.1, 0.15) is 5.82 Å². The summed E-state index contributed by atoms with van der Waals surface area (Å²) in [6.07, 6.45) is 0. The summed E-state index contributed by atoms with van der Waals surface area (Å²) in [6.45, 7) is 5.97. The van der Waals surface area contributed by atoms with Gasteiger partial charge in [0.15, 0.2) is 0 Å². The van der Waals surface area contributed by atoms with Gasteiger partial charge in [-0.15, -0.1) is 0 Å². The van der Waals surface area contributed by atoms with Gasteiger partial charge in [-0.2, -0.15) is 0 Å². The molecular formula is C17H18IN3. The molecule has 21 heavy (non-hydrogen) atoms. The number of fused-ring (bicyclic) bond motifs is 1. The van der Waals surface area contributed by atoms with Crippen molar-refractivity contribution in [3.8, 4) is 0 Å². The first-order chi connectivity index (χ1) is 10.2. The van der Waals surface area contributed by atoms with E-state index >= 15 is 0 Å². The Labute approximate surface area is 138 Å². The first-order valence-corrected chi connectivity index (χ1v) is 8.21. The highest BCUT2D eigenvalue weighted by Gasteiger charge is 2.09. The van der Waals surface area contributed by atoms with E-state index in [2.05, 4.69) is 82.7 Å².